The van der Waals surface area contributed by atoms with Gasteiger partial charge in [0.15, 0.2) is 11.5 Å². The van der Waals surface area contributed by atoms with E-state index in [1.165, 1.54) is 33.1 Å². The second-order valence-corrected chi connectivity index (χ2v) is 8.65. The third-order valence-electron chi connectivity index (χ3n) is 4.86. The van der Waals surface area contributed by atoms with Crippen LogP contribution in [0.3, 0.4) is 0 Å². The molecule has 0 bridgehead atoms. The van der Waals surface area contributed by atoms with Crippen LogP contribution in [0.4, 0.5) is 11.4 Å². The summed E-state index contributed by atoms with van der Waals surface area (Å²) in [5.74, 6) is 1.21. The maximum Gasteiger partial charge on any atom is 0.255 e. The Morgan fingerprint density at radius 3 is 2.32 bits per heavy atom. The first-order valence-corrected chi connectivity index (χ1v) is 11.6. The number of amides is 2. The van der Waals surface area contributed by atoms with Crippen molar-refractivity contribution in [2.24, 2.45) is 0 Å². The maximum absolute atomic E-state index is 12.7. The minimum atomic E-state index is -0.286. The Kier molecular flexibility index (Phi) is 8.67. The van der Waals surface area contributed by atoms with Crippen LogP contribution in [0.1, 0.15) is 15.9 Å². The molecule has 2 amide bonds. The van der Waals surface area contributed by atoms with Crippen molar-refractivity contribution in [1.29, 1.82) is 0 Å². The lowest BCUT2D eigenvalue weighted by Gasteiger charge is -2.12. The van der Waals surface area contributed by atoms with Gasteiger partial charge in [-0.05, 0) is 55.0 Å². The fraction of sp³-hybridized carbons (Fsp3) is 0.200. The molecule has 2 N–H and O–H groups in total. The summed E-state index contributed by atoms with van der Waals surface area (Å²) in [6.45, 7) is 1.86. The summed E-state index contributed by atoms with van der Waals surface area (Å²) < 4.78 is 15.8. The van der Waals surface area contributed by atoms with E-state index >= 15 is 0 Å². The molecule has 7 nitrogen and oxygen atoms in total. The summed E-state index contributed by atoms with van der Waals surface area (Å²) in [5, 5.41) is 6.28. The van der Waals surface area contributed by atoms with Crippen LogP contribution in [0.5, 0.6) is 17.2 Å². The number of ether oxygens (including phenoxy) is 3. The lowest BCUT2D eigenvalue weighted by atomic mass is 10.2. The molecule has 178 valence electrons. The van der Waals surface area contributed by atoms with Crippen molar-refractivity contribution in [2.45, 2.75) is 11.8 Å². The highest BCUT2D eigenvalue weighted by atomic mass is 35.5. The Balaban J connectivity index is 1.62. The van der Waals surface area contributed by atoms with Crippen LogP contribution in [-0.2, 0) is 4.79 Å². The third kappa shape index (κ3) is 6.36. The summed E-state index contributed by atoms with van der Waals surface area (Å²) in [4.78, 5) is 26.0. The summed E-state index contributed by atoms with van der Waals surface area (Å²) in [6, 6.07) is 15.7. The molecule has 0 aliphatic rings. The van der Waals surface area contributed by atoms with Gasteiger partial charge in [-0.1, -0.05) is 17.7 Å². The van der Waals surface area contributed by atoms with Crippen molar-refractivity contribution in [3.05, 3.63) is 70.7 Å². The molecular weight excluding hydrogens is 476 g/mol. The van der Waals surface area contributed by atoms with Gasteiger partial charge in [-0.25, -0.2) is 0 Å². The third-order valence-corrected chi connectivity index (χ3v) is 6.26. The first kappa shape index (κ1) is 25.3. The van der Waals surface area contributed by atoms with E-state index in [9.17, 15) is 9.59 Å². The van der Waals surface area contributed by atoms with Gasteiger partial charge >= 0.3 is 0 Å². The van der Waals surface area contributed by atoms with Crippen molar-refractivity contribution < 1.29 is 23.8 Å². The lowest BCUT2D eigenvalue weighted by molar-refractivity contribution is -0.113. The molecule has 0 atom stereocenters. The molecule has 0 saturated carbocycles. The van der Waals surface area contributed by atoms with Crippen LogP contribution < -0.4 is 24.8 Å². The van der Waals surface area contributed by atoms with Gasteiger partial charge in [-0.15, -0.1) is 11.8 Å². The Labute approximate surface area is 207 Å². The van der Waals surface area contributed by atoms with Gasteiger partial charge in [0.2, 0.25) is 5.91 Å². The number of methoxy groups -OCH3 is 3. The van der Waals surface area contributed by atoms with Crippen LogP contribution >= 0.6 is 23.4 Å². The number of aryl methyl sites for hydroxylation is 1. The number of carbonyl (C=O) groups is 2. The van der Waals surface area contributed by atoms with Crippen LogP contribution in [0.15, 0.2) is 59.5 Å². The maximum atomic E-state index is 12.7. The number of hydrogen-bond acceptors (Lipinski definition) is 6. The monoisotopic (exact) mass is 500 g/mol. The second kappa shape index (κ2) is 11.7. The molecule has 0 aromatic heterocycles. The van der Waals surface area contributed by atoms with Crippen molar-refractivity contribution in [2.75, 3.05) is 37.7 Å². The molecule has 3 aromatic carbocycles. The van der Waals surface area contributed by atoms with E-state index in [-0.39, 0.29) is 17.6 Å². The van der Waals surface area contributed by atoms with Gasteiger partial charge in [0.1, 0.15) is 5.75 Å². The summed E-state index contributed by atoms with van der Waals surface area (Å²) in [5.41, 5.74) is 2.44. The molecule has 0 saturated heterocycles. The van der Waals surface area contributed by atoms with Crippen molar-refractivity contribution in [3.63, 3.8) is 0 Å². The average Bonchev–Trinajstić information content (AvgIpc) is 2.84. The summed E-state index contributed by atoms with van der Waals surface area (Å²) >= 11 is 7.47. The Hall–Kier alpha value is -3.36. The first-order chi connectivity index (χ1) is 16.3. The van der Waals surface area contributed by atoms with Crippen molar-refractivity contribution >= 4 is 46.6 Å². The quantitative estimate of drug-likeness (QED) is 0.369. The fourth-order valence-electron chi connectivity index (χ4n) is 3.11. The summed E-state index contributed by atoms with van der Waals surface area (Å²) in [6.07, 6.45) is 0. The standard InChI is InChI=1S/C25H25ClN2O5S/c1-15-10-20(22(32-3)13-19(15)26)28-24(29)14-34-18-7-5-6-17(12-18)27-25(30)16-8-9-21(31-2)23(11-16)33-4/h5-13H,14H2,1-4H3,(H,27,30)(H,28,29). The number of thioether (sulfide) groups is 1. The topological polar surface area (TPSA) is 85.9 Å². The molecule has 0 fully saturated rings. The van der Waals surface area contributed by atoms with E-state index < -0.39 is 0 Å². The van der Waals surface area contributed by atoms with E-state index in [1.54, 1.807) is 36.4 Å². The summed E-state index contributed by atoms with van der Waals surface area (Å²) in [7, 11) is 4.57. The van der Waals surface area contributed by atoms with E-state index in [0.717, 1.165) is 10.5 Å². The van der Waals surface area contributed by atoms with Gasteiger partial charge in [-0.2, -0.15) is 0 Å². The number of benzene rings is 3. The first-order valence-electron chi connectivity index (χ1n) is 10.2. The van der Waals surface area contributed by atoms with Gasteiger partial charge in [0.25, 0.3) is 5.91 Å². The van der Waals surface area contributed by atoms with Gasteiger partial charge in [0, 0.05) is 27.2 Å². The highest BCUT2D eigenvalue weighted by Crippen LogP contribution is 2.32. The highest BCUT2D eigenvalue weighted by molar-refractivity contribution is 8.00. The van der Waals surface area contributed by atoms with E-state index in [0.29, 0.717) is 39.2 Å². The van der Waals surface area contributed by atoms with E-state index in [1.807, 2.05) is 25.1 Å². The van der Waals surface area contributed by atoms with Gasteiger partial charge < -0.3 is 24.8 Å². The van der Waals surface area contributed by atoms with E-state index in [2.05, 4.69) is 10.6 Å². The molecule has 0 spiro atoms. The zero-order chi connectivity index (χ0) is 24.7. The molecule has 0 aliphatic carbocycles. The van der Waals surface area contributed by atoms with Gasteiger partial charge in [-0.3, -0.25) is 9.59 Å². The molecule has 0 aliphatic heterocycles. The Bertz CT molecular complexity index is 1200. The van der Waals surface area contributed by atoms with Crippen LogP contribution in [0.2, 0.25) is 5.02 Å². The fourth-order valence-corrected chi connectivity index (χ4v) is 4.02. The number of rotatable bonds is 9. The zero-order valence-electron chi connectivity index (χ0n) is 19.2. The average molecular weight is 501 g/mol. The Morgan fingerprint density at radius 2 is 1.62 bits per heavy atom. The number of hydrogen-bond donors (Lipinski definition) is 2. The smallest absolute Gasteiger partial charge is 0.255 e. The van der Waals surface area contributed by atoms with Crippen LogP contribution in [0, 0.1) is 6.92 Å². The largest absolute Gasteiger partial charge is 0.495 e. The van der Waals surface area contributed by atoms with E-state index in [4.69, 9.17) is 25.8 Å². The molecule has 0 unspecified atom stereocenters. The second-order valence-electron chi connectivity index (χ2n) is 7.19. The molecule has 0 heterocycles. The number of carbonyl (C=O) groups excluding carboxylic acids is 2. The van der Waals surface area contributed by atoms with Crippen molar-refractivity contribution in [1.82, 2.24) is 0 Å². The number of halogens is 1. The molecule has 9 heteroatoms. The minimum absolute atomic E-state index is 0.178. The normalized spacial score (nSPS) is 10.4. The van der Waals surface area contributed by atoms with Crippen LogP contribution in [0.25, 0.3) is 0 Å². The highest BCUT2D eigenvalue weighted by Gasteiger charge is 2.13. The Morgan fingerprint density at radius 1 is 0.882 bits per heavy atom. The van der Waals surface area contributed by atoms with Crippen molar-refractivity contribution in [3.8, 4) is 17.2 Å². The lowest BCUT2D eigenvalue weighted by Crippen LogP contribution is -2.15. The molecule has 3 rings (SSSR count). The molecular formula is C25H25ClN2O5S. The molecule has 3 aromatic rings. The number of anilines is 2. The predicted molar refractivity (Wildman–Crippen MR) is 136 cm³/mol. The molecule has 0 radical (unpaired) electrons. The predicted octanol–water partition coefficient (Wildman–Crippen LogP) is 5.66. The zero-order valence-corrected chi connectivity index (χ0v) is 20.8. The number of nitrogens with one attached hydrogen (secondary N) is 2. The SMILES string of the molecule is COc1cc(Cl)c(C)cc1NC(=O)CSc1cccc(NC(=O)c2ccc(OC)c(OC)c2)c1. The minimum Gasteiger partial charge on any atom is -0.495 e. The van der Waals surface area contributed by atoms with Gasteiger partial charge in [0.05, 0.1) is 32.8 Å². The molecule has 34 heavy (non-hydrogen) atoms. The van der Waals surface area contributed by atoms with Crippen LogP contribution in [-0.4, -0.2) is 38.9 Å².